The zero-order chi connectivity index (χ0) is 10.5. The summed E-state index contributed by atoms with van der Waals surface area (Å²) >= 11 is 4.18. The highest BCUT2D eigenvalue weighted by Gasteiger charge is 1.92. The summed E-state index contributed by atoms with van der Waals surface area (Å²) in [5, 5.41) is 0. The largest absolute Gasteiger partial charge is 0.251 e. The van der Waals surface area contributed by atoms with Gasteiger partial charge in [-0.15, -0.1) is 0 Å². The number of unbranched alkanes of at least 4 members (excludes halogenated alkanes) is 9. The predicted octanol–water partition coefficient (Wildman–Crippen LogP) is 4.79. The van der Waals surface area contributed by atoms with Gasteiger partial charge >= 0.3 is 0 Å². The molecule has 0 aromatic carbocycles. The molecule has 0 aromatic heterocycles. The second kappa shape index (κ2) is 13.3. The molecule has 0 heterocycles. The Morgan fingerprint density at radius 1 is 0.571 bits per heavy atom. The first-order valence-corrected chi connectivity index (χ1v) is 6.72. The summed E-state index contributed by atoms with van der Waals surface area (Å²) in [7, 11) is 0. The van der Waals surface area contributed by atoms with Crippen molar-refractivity contribution in [2.75, 3.05) is 12.4 Å². The fourth-order valence-electron chi connectivity index (χ4n) is 1.62. The van der Waals surface area contributed by atoms with Crippen molar-refractivity contribution in [3.63, 3.8) is 0 Å². The molecule has 0 nitrogen and oxygen atoms in total. The molecule has 86 valence electrons. The molecule has 0 spiro atoms. The average Bonchev–Trinajstić information content (AvgIpc) is 2.21. The molecule has 0 aliphatic heterocycles. The number of hydrogen-bond acceptors (Lipinski definition) is 1. The molecule has 0 rings (SSSR count). The van der Waals surface area contributed by atoms with Crippen LogP contribution in [0.2, 0.25) is 0 Å². The van der Waals surface area contributed by atoms with Crippen LogP contribution < -0.4 is 0 Å². The highest BCUT2D eigenvalue weighted by molar-refractivity contribution is 7.80. The number of alkyl halides is 1. The van der Waals surface area contributed by atoms with Gasteiger partial charge in [0.05, 0.1) is 6.67 Å². The lowest BCUT2D eigenvalue weighted by Crippen LogP contribution is -1.83. The number of thiol groups is 1. The SMILES string of the molecule is FCCCCCCCCCCCCS. The Balaban J connectivity index is 2.78. The van der Waals surface area contributed by atoms with Gasteiger partial charge in [0.25, 0.3) is 0 Å². The van der Waals surface area contributed by atoms with Crippen LogP contribution in [0.5, 0.6) is 0 Å². The summed E-state index contributed by atoms with van der Waals surface area (Å²) < 4.78 is 11.7. The molecule has 2 heteroatoms. The van der Waals surface area contributed by atoms with Crippen LogP contribution in [-0.4, -0.2) is 12.4 Å². The first kappa shape index (κ1) is 14.3. The molecule has 0 amide bonds. The van der Waals surface area contributed by atoms with Gasteiger partial charge in [-0.2, -0.15) is 12.6 Å². The van der Waals surface area contributed by atoms with E-state index in [1.165, 1.54) is 51.4 Å². The number of rotatable bonds is 11. The third kappa shape index (κ3) is 12.3. The number of hydrogen-bond donors (Lipinski definition) is 1. The zero-order valence-corrected chi connectivity index (χ0v) is 10.2. The molecule has 0 aromatic rings. The maximum atomic E-state index is 11.7. The zero-order valence-electron chi connectivity index (χ0n) is 9.31. The fourth-order valence-corrected chi connectivity index (χ4v) is 1.84. The lowest BCUT2D eigenvalue weighted by Gasteiger charge is -2.00. The monoisotopic (exact) mass is 220 g/mol. The highest BCUT2D eigenvalue weighted by Crippen LogP contribution is 2.10. The van der Waals surface area contributed by atoms with E-state index >= 15 is 0 Å². The van der Waals surface area contributed by atoms with Crippen LogP contribution in [0.4, 0.5) is 4.39 Å². The first-order chi connectivity index (χ1) is 6.91. The maximum absolute atomic E-state index is 11.7. The van der Waals surface area contributed by atoms with E-state index in [1.54, 1.807) is 0 Å². The van der Waals surface area contributed by atoms with Gasteiger partial charge in [-0.25, -0.2) is 0 Å². The van der Waals surface area contributed by atoms with E-state index in [9.17, 15) is 4.39 Å². The molecule has 0 bridgehead atoms. The molecule has 0 fully saturated rings. The van der Waals surface area contributed by atoms with Crippen LogP contribution in [0.15, 0.2) is 0 Å². The summed E-state index contributed by atoms with van der Waals surface area (Å²) in [5.41, 5.74) is 0. The molecular weight excluding hydrogens is 195 g/mol. The first-order valence-electron chi connectivity index (χ1n) is 6.08. The molecule has 0 radical (unpaired) electrons. The van der Waals surface area contributed by atoms with E-state index in [2.05, 4.69) is 12.6 Å². The van der Waals surface area contributed by atoms with Gasteiger partial charge in [0.1, 0.15) is 0 Å². The van der Waals surface area contributed by atoms with E-state index < -0.39 is 0 Å². The van der Waals surface area contributed by atoms with Gasteiger partial charge in [0.2, 0.25) is 0 Å². The minimum Gasteiger partial charge on any atom is -0.251 e. The van der Waals surface area contributed by atoms with Gasteiger partial charge in [0, 0.05) is 0 Å². The summed E-state index contributed by atoms with van der Waals surface area (Å²) in [6.07, 6.45) is 12.4. The fraction of sp³-hybridized carbons (Fsp3) is 1.00. The van der Waals surface area contributed by atoms with Crippen molar-refractivity contribution in [1.82, 2.24) is 0 Å². The Hall–Kier alpha value is 0.280. The smallest absolute Gasteiger partial charge is 0.0894 e. The van der Waals surface area contributed by atoms with E-state index in [-0.39, 0.29) is 6.67 Å². The second-order valence-electron chi connectivity index (χ2n) is 3.95. The van der Waals surface area contributed by atoms with Gasteiger partial charge in [-0.1, -0.05) is 51.4 Å². The van der Waals surface area contributed by atoms with Crippen molar-refractivity contribution < 1.29 is 4.39 Å². The molecule has 0 aliphatic rings. The lowest BCUT2D eigenvalue weighted by molar-refractivity contribution is 0.449. The average molecular weight is 220 g/mol. The van der Waals surface area contributed by atoms with Crippen LogP contribution in [0.3, 0.4) is 0 Å². The number of halogens is 1. The Kier molecular flexibility index (Phi) is 13.5. The van der Waals surface area contributed by atoms with Gasteiger partial charge in [-0.3, -0.25) is 4.39 Å². The van der Waals surface area contributed by atoms with Crippen LogP contribution in [0.1, 0.15) is 64.2 Å². The van der Waals surface area contributed by atoms with Crippen molar-refractivity contribution in [2.24, 2.45) is 0 Å². The molecule has 14 heavy (non-hydrogen) atoms. The third-order valence-electron chi connectivity index (χ3n) is 2.54. The second-order valence-corrected chi connectivity index (χ2v) is 4.40. The molecular formula is C12H25FS. The molecule has 0 unspecified atom stereocenters. The lowest BCUT2D eigenvalue weighted by atomic mass is 10.1. The van der Waals surface area contributed by atoms with Crippen molar-refractivity contribution in [1.29, 1.82) is 0 Å². The Morgan fingerprint density at radius 2 is 0.929 bits per heavy atom. The summed E-state index contributed by atoms with van der Waals surface area (Å²) in [6, 6.07) is 0. The molecule has 0 saturated carbocycles. The third-order valence-corrected chi connectivity index (χ3v) is 2.86. The quantitative estimate of drug-likeness (QED) is 0.376. The standard InChI is InChI=1S/C12H25FS/c13-11-9-7-5-3-1-2-4-6-8-10-12-14/h14H,1-12H2. The minimum atomic E-state index is -0.135. The van der Waals surface area contributed by atoms with E-state index in [4.69, 9.17) is 0 Å². The van der Waals surface area contributed by atoms with Gasteiger partial charge in [-0.05, 0) is 18.6 Å². The Labute approximate surface area is 94.1 Å². The topological polar surface area (TPSA) is 0 Å². The van der Waals surface area contributed by atoms with Crippen LogP contribution in [0.25, 0.3) is 0 Å². The highest BCUT2D eigenvalue weighted by atomic mass is 32.1. The Morgan fingerprint density at radius 3 is 1.29 bits per heavy atom. The van der Waals surface area contributed by atoms with Crippen molar-refractivity contribution in [3.05, 3.63) is 0 Å². The Bertz CT molecular complexity index is 84.3. The van der Waals surface area contributed by atoms with Crippen molar-refractivity contribution in [2.45, 2.75) is 64.2 Å². The minimum absolute atomic E-state index is 0.135. The summed E-state index contributed by atoms with van der Waals surface area (Å²) in [6.45, 7) is -0.135. The van der Waals surface area contributed by atoms with E-state index in [0.717, 1.165) is 18.6 Å². The van der Waals surface area contributed by atoms with Crippen molar-refractivity contribution >= 4 is 12.6 Å². The summed E-state index contributed by atoms with van der Waals surface area (Å²) in [4.78, 5) is 0. The molecule has 0 saturated heterocycles. The van der Waals surface area contributed by atoms with Crippen LogP contribution in [0, 0.1) is 0 Å². The van der Waals surface area contributed by atoms with E-state index in [0.29, 0.717) is 0 Å². The van der Waals surface area contributed by atoms with Gasteiger partial charge in [0.15, 0.2) is 0 Å². The summed E-state index contributed by atoms with van der Waals surface area (Å²) in [5.74, 6) is 1.03. The molecule has 0 atom stereocenters. The van der Waals surface area contributed by atoms with E-state index in [1.807, 2.05) is 0 Å². The predicted molar refractivity (Wildman–Crippen MR) is 66.0 cm³/mol. The normalized spacial score (nSPS) is 10.7. The van der Waals surface area contributed by atoms with Crippen LogP contribution >= 0.6 is 12.6 Å². The maximum Gasteiger partial charge on any atom is 0.0894 e. The van der Waals surface area contributed by atoms with Crippen molar-refractivity contribution in [3.8, 4) is 0 Å². The van der Waals surface area contributed by atoms with Crippen LogP contribution in [-0.2, 0) is 0 Å². The van der Waals surface area contributed by atoms with Gasteiger partial charge < -0.3 is 0 Å². The molecule has 0 aliphatic carbocycles. The molecule has 0 N–H and O–H groups in total.